The molecule has 3 rings (SSSR count). The fraction of sp³-hybridized carbons (Fsp3) is 1.00. The summed E-state index contributed by atoms with van der Waals surface area (Å²) in [6.45, 7) is 0. The second kappa shape index (κ2) is 2.75. The molecule has 0 N–H and O–H groups in total. The molecule has 3 fully saturated rings. The quantitative estimate of drug-likeness (QED) is 0.513. The van der Waals surface area contributed by atoms with Crippen molar-refractivity contribution >= 4 is 0 Å². The molecule has 0 radical (unpaired) electrons. The predicted molar refractivity (Wildman–Crippen MR) is 50.9 cm³/mol. The van der Waals surface area contributed by atoms with Crippen molar-refractivity contribution in [3.63, 3.8) is 0 Å². The van der Waals surface area contributed by atoms with Gasteiger partial charge in [0.2, 0.25) is 0 Å². The average Bonchev–Trinajstić information content (AvgIpc) is 2.71. The molecule has 3 aliphatic carbocycles. The molecule has 0 nitrogen and oxygen atoms in total. The zero-order valence-electron chi connectivity index (χ0n) is 7.97. The molecule has 3 aliphatic rings. The molecule has 0 saturated heterocycles. The highest BCUT2D eigenvalue weighted by Crippen LogP contribution is 2.53. The Morgan fingerprint density at radius 1 is 0.500 bits per heavy atom. The Morgan fingerprint density at radius 2 is 1.00 bits per heavy atom. The van der Waals surface area contributed by atoms with Crippen LogP contribution in [0.1, 0.15) is 51.4 Å². The molecule has 0 amide bonds. The van der Waals surface area contributed by atoms with Gasteiger partial charge in [-0.1, -0.05) is 25.7 Å². The molecule has 68 valence electrons. The van der Waals surface area contributed by atoms with Gasteiger partial charge in [-0.25, -0.2) is 0 Å². The molecule has 0 heterocycles. The van der Waals surface area contributed by atoms with E-state index < -0.39 is 0 Å². The van der Waals surface area contributed by atoms with Crippen LogP contribution < -0.4 is 0 Å². The van der Waals surface area contributed by atoms with E-state index in [1.807, 2.05) is 0 Å². The van der Waals surface area contributed by atoms with Gasteiger partial charge in [-0.2, -0.15) is 0 Å². The van der Waals surface area contributed by atoms with E-state index in [4.69, 9.17) is 0 Å². The van der Waals surface area contributed by atoms with Crippen LogP contribution in [0.15, 0.2) is 0 Å². The molecule has 12 heavy (non-hydrogen) atoms. The summed E-state index contributed by atoms with van der Waals surface area (Å²) < 4.78 is 0. The molecular formula is C12H20. The first kappa shape index (κ1) is 7.41. The molecule has 0 bridgehead atoms. The van der Waals surface area contributed by atoms with Crippen LogP contribution in [0.4, 0.5) is 0 Å². The smallest absolute Gasteiger partial charge is 0.0355 e. The fourth-order valence-electron chi connectivity index (χ4n) is 4.40. The first-order valence-electron chi connectivity index (χ1n) is 5.95. The highest BCUT2D eigenvalue weighted by atomic mass is 14.5. The fourth-order valence-corrected chi connectivity index (χ4v) is 4.40. The van der Waals surface area contributed by atoms with Gasteiger partial charge < -0.3 is 0 Å². The van der Waals surface area contributed by atoms with Crippen molar-refractivity contribution in [3.05, 3.63) is 0 Å². The Bertz CT molecular complexity index is 153. The summed E-state index contributed by atoms with van der Waals surface area (Å²) in [6.07, 6.45) is 12.6. The Morgan fingerprint density at radius 3 is 1.50 bits per heavy atom. The van der Waals surface area contributed by atoms with Crippen LogP contribution in [0, 0.1) is 23.7 Å². The molecular weight excluding hydrogens is 144 g/mol. The maximum atomic E-state index is 1.59. The molecule has 0 aromatic rings. The predicted octanol–water partition coefficient (Wildman–Crippen LogP) is 3.61. The maximum Gasteiger partial charge on any atom is -0.0355 e. The van der Waals surface area contributed by atoms with Crippen LogP contribution in [-0.2, 0) is 0 Å². The first-order valence-corrected chi connectivity index (χ1v) is 5.95. The summed E-state index contributed by atoms with van der Waals surface area (Å²) in [7, 11) is 0. The van der Waals surface area contributed by atoms with E-state index in [1.54, 1.807) is 51.4 Å². The number of rotatable bonds is 0. The third kappa shape index (κ3) is 0.963. The lowest BCUT2D eigenvalue weighted by atomic mass is 9.69. The molecule has 0 aromatic heterocycles. The Labute approximate surface area is 75.7 Å². The number of hydrogen-bond acceptors (Lipinski definition) is 0. The van der Waals surface area contributed by atoms with Crippen LogP contribution in [0.25, 0.3) is 0 Å². The van der Waals surface area contributed by atoms with Gasteiger partial charge >= 0.3 is 0 Å². The molecule has 0 heteroatoms. The Balaban J connectivity index is 1.81. The van der Waals surface area contributed by atoms with Crippen molar-refractivity contribution in [3.8, 4) is 0 Å². The SMILES string of the molecule is C1C[C@@H]2CC[C@H]3CCC[C@@H]3[C@@H]2C1. The molecule has 0 aliphatic heterocycles. The van der Waals surface area contributed by atoms with Gasteiger partial charge in [-0.3, -0.25) is 0 Å². The molecule has 3 saturated carbocycles. The van der Waals surface area contributed by atoms with E-state index in [9.17, 15) is 0 Å². The maximum absolute atomic E-state index is 1.59. The van der Waals surface area contributed by atoms with E-state index in [2.05, 4.69) is 0 Å². The lowest BCUT2D eigenvalue weighted by Gasteiger charge is -2.36. The first-order chi connectivity index (χ1) is 5.95. The zero-order chi connectivity index (χ0) is 7.97. The lowest BCUT2D eigenvalue weighted by Crippen LogP contribution is -2.28. The van der Waals surface area contributed by atoms with Gasteiger partial charge in [0.05, 0.1) is 0 Å². The van der Waals surface area contributed by atoms with Crippen molar-refractivity contribution < 1.29 is 0 Å². The molecule has 0 spiro atoms. The van der Waals surface area contributed by atoms with Crippen molar-refractivity contribution in [1.29, 1.82) is 0 Å². The normalized spacial score (nSPS) is 52.0. The van der Waals surface area contributed by atoms with Gasteiger partial charge in [0.25, 0.3) is 0 Å². The minimum Gasteiger partial charge on any atom is -0.0527 e. The minimum absolute atomic E-state index is 1.17. The topological polar surface area (TPSA) is 0 Å². The number of hydrogen-bond donors (Lipinski definition) is 0. The van der Waals surface area contributed by atoms with Gasteiger partial charge in [0.15, 0.2) is 0 Å². The van der Waals surface area contributed by atoms with Gasteiger partial charge in [-0.15, -0.1) is 0 Å². The Hall–Kier alpha value is 0. The second-order valence-corrected chi connectivity index (χ2v) is 5.29. The second-order valence-electron chi connectivity index (χ2n) is 5.29. The van der Waals surface area contributed by atoms with E-state index in [-0.39, 0.29) is 0 Å². The summed E-state index contributed by atoms with van der Waals surface area (Å²) in [4.78, 5) is 0. The molecule has 4 atom stereocenters. The van der Waals surface area contributed by atoms with Crippen LogP contribution in [0.5, 0.6) is 0 Å². The summed E-state index contributed by atoms with van der Waals surface area (Å²) in [5.41, 5.74) is 0. The van der Waals surface area contributed by atoms with E-state index >= 15 is 0 Å². The summed E-state index contributed by atoms with van der Waals surface area (Å²) >= 11 is 0. The third-order valence-corrected chi connectivity index (χ3v) is 4.89. The largest absolute Gasteiger partial charge is 0.0527 e. The lowest BCUT2D eigenvalue weighted by molar-refractivity contribution is 0.136. The Kier molecular flexibility index (Phi) is 1.70. The summed E-state index contributed by atoms with van der Waals surface area (Å²) in [5, 5.41) is 0. The summed E-state index contributed by atoms with van der Waals surface area (Å²) in [5.74, 6) is 4.71. The van der Waals surface area contributed by atoms with Crippen molar-refractivity contribution in [1.82, 2.24) is 0 Å². The van der Waals surface area contributed by atoms with Crippen molar-refractivity contribution in [2.24, 2.45) is 23.7 Å². The standard InChI is InChI=1S/C12H20/c1-3-9-7-8-10-4-2-6-12(10)11(9)5-1/h9-12H,1-8H2/t9-,10-,11-,12+/m1/s1. The highest BCUT2D eigenvalue weighted by molar-refractivity contribution is 4.93. The highest BCUT2D eigenvalue weighted by Gasteiger charge is 2.43. The van der Waals surface area contributed by atoms with E-state index in [1.165, 1.54) is 23.7 Å². The van der Waals surface area contributed by atoms with Crippen LogP contribution in [-0.4, -0.2) is 0 Å². The molecule has 0 aromatic carbocycles. The van der Waals surface area contributed by atoms with E-state index in [0.29, 0.717) is 0 Å². The van der Waals surface area contributed by atoms with Gasteiger partial charge in [0, 0.05) is 0 Å². The van der Waals surface area contributed by atoms with Gasteiger partial charge in [0.1, 0.15) is 0 Å². The number of fused-ring (bicyclic) bond motifs is 3. The van der Waals surface area contributed by atoms with Crippen LogP contribution >= 0.6 is 0 Å². The third-order valence-electron chi connectivity index (χ3n) is 4.89. The van der Waals surface area contributed by atoms with Crippen LogP contribution in [0.2, 0.25) is 0 Å². The van der Waals surface area contributed by atoms with Gasteiger partial charge in [-0.05, 0) is 49.4 Å². The van der Waals surface area contributed by atoms with E-state index in [0.717, 1.165) is 0 Å². The summed E-state index contributed by atoms with van der Waals surface area (Å²) in [6, 6.07) is 0. The minimum atomic E-state index is 1.17. The van der Waals surface area contributed by atoms with Crippen molar-refractivity contribution in [2.75, 3.05) is 0 Å². The zero-order valence-corrected chi connectivity index (χ0v) is 7.97. The average molecular weight is 164 g/mol. The van der Waals surface area contributed by atoms with Crippen molar-refractivity contribution in [2.45, 2.75) is 51.4 Å². The molecule has 0 unspecified atom stereocenters. The monoisotopic (exact) mass is 164 g/mol. The van der Waals surface area contributed by atoms with Crippen LogP contribution in [0.3, 0.4) is 0 Å².